The van der Waals surface area contributed by atoms with Gasteiger partial charge in [0.05, 0.1) is 12.7 Å². The lowest BCUT2D eigenvalue weighted by Crippen LogP contribution is -2.17. The highest BCUT2D eigenvalue weighted by Gasteiger charge is 2.34. The number of esters is 2. The van der Waals surface area contributed by atoms with Crippen LogP contribution in [0, 0.1) is 0 Å². The molecule has 0 bridgehead atoms. The van der Waals surface area contributed by atoms with E-state index in [0.29, 0.717) is 32.4 Å². The Morgan fingerprint density at radius 1 is 0.812 bits per heavy atom. The van der Waals surface area contributed by atoms with E-state index in [4.69, 9.17) is 19.7 Å². The molecule has 1 rings (SSSR count). The molecule has 372 valence electrons. The Labute approximate surface area is 397 Å². The maximum absolute atomic E-state index is 11.9. The smallest absolute Gasteiger partial charge is 0.456 e. The molecule has 0 saturated heterocycles. The number of ether oxygens (including phenoxy) is 2. The van der Waals surface area contributed by atoms with Crippen molar-refractivity contribution in [3.63, 3.8) is 0 Å². The number of alkyl halides is 6. The Morgan fingerprint density at radius 3 is 1.84 bits per heavy atom. The summed E-state index contributed by atoms with van der Waals surface area (Å²) >= 11 is 4.00. The number of halogens is 6. The number of nitrogens with one attached hydrogen (secondary N) is 2. The van der Waals surface area contributed by atoms with Crippen LogP contribution in [0.5, 0.6) is 0 Å². The molecule has 0 spiro atoms. The van der Waals surface area contributed by atoms with Crippen LogP contribution in [-0.4, -0.2) is 82.8 Å². The largest absolute Gasteiger partial charge is 0.481 e. The lowest BCUT2D eigenvalue weighted by molar-refractivity contribution is -0.147. The van der Waals surface area contributed by atoms with Crippen LogP contribution in [0.2, 0.25) is 0 Å². The molecule has 0 saturated carbocycles. The van der Waals surface area contributed by atoms with Gasteiger partial charge in [0.25, 0.3) is 0 Å². The number of thiol groups is 1. The molecule has 9 nitrogen and oxygen atoms in total. The van der Waals surface area contributed by atoms with Crippen molar-refractivity contribution in [2.75, 3.05) is 37.5 Å². The van der Waals surface area contributed by atoms with E-state index in [2.05, 4.69) is 70.9 Å². The lowest BCUT2D eigenvalue weighted by Gasteiger charge is -2.17. The van der Waals surface area contributed by atoms with Gasteiger partial charge in [-0.2, -0.15) is 54.9 Å². The number of carboxylic acid groups (broad SMARTS) is 1. The van der Waals surface area contributed by atoms with Gasteiger partial charge in [0.15, 0.2) is 0 Å². The fourth-order valence-electron chi connectivity index (χ4n) is 4.56. The Balaban J connectivity index is -0.000000520. The highest BCUT2D eigenvalue weighted by atomic mass is 32.2. The van der Waals surface area contributed by atoms with Crippen LogP contribution in [0.1, 0.15) is 137 Å². The van der Waals surface area contributed by atoms with Crippen LogP contribution in [0.4, 0.5) is 26.3 Å². The molecule has 4 N–H and O–H groups in total. The normalized spacial score (nSPS) is 11.3. The third-order valence-corrected chi connectivity index (χ3v) is 10.1. The molecule has 0 unspecified atom stereocenters. The van der Waals surface area contributed by atoms with Crippen molar-refractivity contribution < 1.29 is 60.4 Å². The monoisotopic (exact) mass is 996 g/mol. The zero-order valence-corrected chi connectivity index (χ0v) is 42.2. The van der Waals surface area contributed by atoms with Gasteiger partial charge in [-0.05, 0) is 113 Å². The summed E-state index contributed by atoms with van der Waals surface area (Å²) in [5.41, 5.74) is -3.17. The summed E-state index contributed by atoms with van der Waals surface area (Å²) in [5.74, 6) is 1.86. The minimum absolute atomic E-state index is 0.0161. The first-order valence-corrected chi connectivity index (χ1v) is 24.4. The van der Waals surface area contributed by atoms with Crippen molar-refractivity contribution in [2.45, 2.75) is 143 Å². The predicted molar refractivity (Wildman–Crippen MR) is 262 cm³/mol. The summed E-state index contributed by atoms with van der Waals surface area (Å²) < 4.78 is 78.3. The van der Waals surface area contributed by atoms with Crippen molar-refractivity contribution in [2.24, 2.45) is 0 Å². The molecule has 0 aromatic heterocycles. The van der Waals surface area contributed by atoms with Gasteiger partial charge in [0.1, 0.15) is 0 Å². The average molecular weight is 997 g/mol. The van der Waals surface area contributed by atoms with E-state index in [1.54, 1.807) is 0 Å². The van der Waals surface area contributed by atoms with E-state index < -0.39 is 40.9 Å². The number of rotatable bonds is 27. The summed E-state index contributed by atoms with van der Waals surface area (Å²) in [6.07, 6.45) is 13.9. The number of carbonyl (C=O) groups is 3. The van der Waals surface area contributed by atoms with E-state index in [9.17, 15) is 40.7 Å². The highest BCUT2D eigenvalue weighted by Crippen LogP contribution is 2.35. The topological polar surface area (TPSA) is 134 Å². The highest BCUT2D eigenvalue weighted by molar-refractivity contribution is 8.13. The lowest BCUT2D eigenvalue weighted by atomic mass is 9.92. The van der Waals surface area contributed by atoms with Gasteiger partial charge in [0, 0.05) is 68.1 Å². The molecular weight excluding hydrogens is 923 g/mol. The zero-order valence-electron chi connectivity index (χ0n) is 38.9. The summed E-state index contributed by atoms with van der Waals surface area (Å²) in [7, 11) is 1.00. The van der Waals surface area contributed by atoms with Crippen LogP contribution in [0.15, 0.2) is 60.7 Å². The quantitative estimate of drug-likeness (QED) is 0.0143. The number of thioether (sulfide) groups is 1. The maximum Gasteiger partial charge on any atom is 0.456 e. The minimum Gasteiger partial charge on any atom is -0.481 e. The van der Waals surface area contributed by atoms with Gasteiger partial charge >= 0.3 is 28.9 Å². The van der Waals surface area contributed by atoms with Gasteiger partial charge in [-0.15, -0.1) is 0 Å². The molecule has 0 aliphatic heterocycles. The zero-order chi connectivity index (χ0) is 50.0. The Kier molecular flexibility index (Phi) is 46.8. The Bertz CT molecular complexity index is 1450. The van der Waals surface area contributed by atoms with Crippen LogP contribution in [0.25, 0.3) is 11.3 Å². The number of hydrogen-bond donors (Lipinski definition) is 5. The number of aliphatic carboxylic acids is 1. The first-order chi connectivity index (χ1) is 30.1. The summed E-state index contributed by atoms with van der Waals surface area (Å²) in [4.78, 5) is 33.4. The molecule has 0 heterocycles. The first-order valence-electron chi connectivity index (χ1n) is 21.0. The van der Waals surface area contributed by atoms with Gasteiger partial charge in [0.2, 0.25) is 0 Å². The number of carbonyl (C=O) groups excluding carboxylic acids is 2. The minimum atomic E-state index is -4.70. The SMILES string of the molecule is C=C(NCCCOC(=O)CCCSCCCCCC(=O)O)c1ccccc1C(=C)/C(C)=C(C)\C=C/C.CC(C)OC(=O)CCCCCS.CCC.CO.FC(F)(F)SNSC(F)(F)F. The third-order valence-electron chi connectivity index (χ3n) is 7.53. The number of aliphatic hydroxyl groups excluding tert-OH is 1. The predicted octanol–water partition coefficient (Wildman–Crippen LogP) is 13.6. The number of unbranched alkanes of at least 4 members (excludes halogenated alkanes) is 4. The van der Waals surface area contributed by atoms with E-state index in [-0.39, 0.29) is 24.5 Å². The standard InChI is InChI=1S/C30H43NO4S.C9H18O2S.C3H8.C2HF6NS2.CH4O/c1-6-14-23(2)24(3)25(4)27-15-9-10-16-28(27)26(5)31-19-13-20-35-30(34)18-12-22-36-21-11-7-8-17-29(32)33;1-8(2)11-9(10)6-4-3-5-7-12;1-3-2;3-1(4,5)10-9-11-2(6,7)8;1-2/h6,9-10,14-16,31H,4-5,7-8,11-13,17-22H2,1-3H3,(H,32,33);8,12H,3-7H2,1-2H3;3H2,1-2H3;9H;2H,1H3/b14-6-,24-23-;;;;. The number of carboxylic acids is 1. The third kappa shape index (κ3) is 47.3. The van der Waals surface area contributed by atoms with Crippen molar-refractivity contribution in [1.29, 1.82) is 0 Å². The molecule has 0 atom stereocenters. The van der Waals surface area contributed by atoms with Gasteiger partial charge in [-0.3, -0.25) is 14.4 Å². The second-order valence-electron chi connectivity index (χ2n) is 13.7. The van der Waals surface area contributed by atoms with Crippen LogP contribution in [-0.2, 0) is 23.9 Å². The molecular formula is C45H74F6N2O7S4. The van der Waals surface area contributed by atoms with E-state index in [1.165, 1.54) is 12.0 Å². The van der Waals surface area contributed by atoms with Crippen molar-refractivity contribution in [3.05, 3.63) is 71.8 Å². The van der Waals surface area contributed by atoms with Crippen molar-refractivity contribution in [1.82, 2.24) is 9.44 Å². The summed E-state index contributed by atoms with van der Waals surface area (Å²) in [6, 6.07) is 8.12. The Morgan fingerprint density at radius 2 is 1.33 bits per heavy atom. The summed E-state index contributed by atoms with van der Waals surface area (Å²) in [6.45, 7) is 23.7. The Hall–Kier alpha value is -2.71. The van der Waals surface area contributed by atoms with Crippen LogP contribution >= 0.6 is 48.3 Å². The van der Waals surface area contributed by atoms with Gasteiger partial charge in [-0.1, -0.05) is 82.7 Å². The fourth-order valence-corrected chi connectivity index (χ4v) is 6.67. The van der Waals surface area contributed by atoms with Crippen molar-refractivity contribution >= 4 is 77.5 Å². The second kappa shape index (κ2) is 44.1. The van der Waals surface area contributed by atoms with Gasteiger partial charge in [-0.25, -0.2) is 0 Å². The molecule has 19 heteroatoms. The number of allylic oxidation sites excluding steroid dienone is 5. The van der Waals surface area contributed by atoms with Crippen molar-refractivity contribution in [3.8, 4) is 0 Å². The number of hydrogen-bond acceptors (Lipinski definition) is 12. The molecule has 1 aromatic rings. The van der Waals surface area contributed by atoms with Gasteiger partial charge < -0.3 is 25.0 Å². The first kappa shape index (κ1) is 67.9. The van der Waals surface area contributed by atoms with E-state index in [0.717, 1.165) is 101 Å². The number of benzene rings is 1. The molecule has 0 fully saturated rings. The molecule has 0 aliphatic carbocycles. The second-order valence-corrected chi connectivity index (χ2v) is 17.4. The number of aliphatic hydroxyl groups is 1. The van der Waals surface area contributed by atoms with Crippen LogP contribution in [0.3, 0.4) is 0 Å². The molecule has 64 heavy (non-hydrogen) atoms. The fraction of sp³-hybridized carbons (Fsp3) is 0.622. The van der Waals surface area contributed by atoms with E-state index in [1.807, 2.05) is 56.8 Å². The van der Waals surface area contributed by atoms with E-state index >= 15 is 0 Å². The van der Waals surface area contributed by atoms with Crippen LogP contribution < -0.4 is 9.44 Å². The summed E-state index contributed by atoms with van der Waals surface area (Å²) in [5, 5.41) is 19.0. The molecule has 0 radical (unpaired) electrons. The molecule has 0 amide bonds. The maximum atomic E-state index is 11.9. The average Bonchev–Trinajstić information content (AvgIpc) is 3.21. The molecule has 0 aliphatic rings. The molecule has 1 aromatic carbocycles.